The molecule has 1 unspecified atom stereocenters. The molecule has 2 N–H and O–H groups in total. The average Bonchev–Trinajstić information content (AvgIpc) is 2.53. The number of carboxylic acids is 1. The van der Waals surface area contributed by atoms with Gasteiger partial charge in [-0.3, -0.25) is 4.79 Å². The van der Waals surface area contributed by atoms with Crippen molar-refractivity contribution >= 4 is 5.97 Å². The van der Waals surface area contributed by atoms with Crippen LogP contribution in [0, 0.1) is 0 Å². The molecule has 0 aromatic heterocycles. The minimum Gasteiger partial charge on any atom is -0.481 e. The van der Waals surface area contributed by atoms with Gasteiger partial charge in [-0.1, -0.05) is 48.5 Å². The van der Waals surface area contributed by atoms with Gasteiger partial charge < -0.3 is 10.2 Å². The van der Waals surface area contributed by atoms with Crippen molar-refractivity contribution in [2.45, 2.75) is 25.1 Å². The molecule has 0 amide bonds. The fraction of sp³-hybridized carbons (Fsp3) is 0.235. The summed E-state index contributed by atoms with van der Waals surface area (Å²) in [5.41, 5.74) is 1.85. The lowest BCUT2D eigenvalue weighted by Gasteiger charge is -2.15. The fourth-order valence-corrected chi connectivity index (χ4v) is 2.15. The molecule has 0 bridgehead atoms. The second-order valence-electron chi connectivity index (χ2n) is 5.25. The Bertz CT molecular complexity index is 676. The lowest BCUT2D eigenvalue weighted by atomic mass is 9.97. The number of alkyl halides is 3. The summed E-state index contributed by atoms with van der Waals surface area (Å²) in [4.78, 5) is 10.9. The predicted octanol–water partition coefficient (Wildman–Crippen LogP) is 4.14. The first-order chi connectivity index (χ1) is 10.7. The summed E-state index contributed by atoms with van der Waals surface area (Å²) >= 11 is 0. The van der Waals surface area contributed by atoms with Gasteiger partial charge in [-0.25, -0.2) is 0 Å². The molecule has 122 valence electrons. The summed E-state index contributed by atoms with van der Waals surface area (Å²) < 4.78 is 37.3. The quantitative estimate of drug-likeness (QED) is 0.889. The molecule has 0 fully saturated rings. The summed E-state index contributed by atoms with van der Waals surface area (Å²) in [5.74, 6) is -1.56. The van der Waals surface area contributed by atoms with Crippen molar-refractivity contribution < 1.29 is 28.2 Å². The van der Waals surface area contributed by atoms with Crippen LogP contribution in [-0.4, -0.2) is 22.4 Å². The van der Waals surface area contributed by atoms with Crippen LogP contribution in [0.4, 0.5) is 13.2 Å². The minimum absolute atomic E-state index is 0.225. The third kappa shape index (κ3) is 3.90. The van der Waals surface area contributed by atoms with Crippen LogP contribution in [0.15, 0.2) is 48.5 Å². The Labute approximate surface area is 131 Å². The fourth-order valence-electron chi connectivity index (χ4n) is 2.15. The van der Waals surface area contributed by atoms with Gasteiger partial charge in [0.1, 0.15) is 0 Å². The molecule has 2 aromatic rings. The van der Waals surface area contributed by atoms with Gasteiger partial charge >= 0.3 is 12.1 Å². The molecule has 0 saturated heterocycles. The maximum absolute atomic E-state index is 12.4. The van der Waals surface area contributed by atoms with E-state index in [1.165, 1.54) is 24.3 Å². The molecule has 0 saturated carbocycles. The molecule has 0 aliphatic heterocycles. The zero-order valence-corrected chi connectivity index (χ0v) is 12.2. The summed E-state index contributed by atoms with van der Waals surface area (Å²) in [5, 5.41) is 18.1. The number of aliphatic hydroxyl groups excluding tert-OH is 1. The highest BCUT2D eigenvalue weighted by molar-refractivity contribution is 5.76. The first-order valence-corrected chi connectivity index (χ1v) is 6.88. The van der Waals surface area contributed by atoms with Crippen LogP contribution in [0.25, 0.3) is 11.1 Å². The number of aliphatic hydroxyl groups is 1. The van der Waals surface area contributed by atoms with Crippen molar-refractivity contribution in [2.75, 3.05) is 0 Å². The Morgan fingerprint density at radius 1 is 0.913 bits per heavy atom. The Hall–Kier alpha value is -2.34. The highest BCUT2D eigenvalue weighted by atomic mass is 19.4. The monoisotopic (exact) mass is 324 g/mol. The molecule has 3 nitrogen and oxygen atoms in total. The maximum Gasteiger partial charge on any atom is 0.418 e. The SMILES string of the molecule is CC(C(=O)O)c1ccc(-c2ccc([C@@H](O)C(F)(F)F)cc2)cc1. The van der Waals surface area contributed by atoms with E-state index in [1.54, 1.807) is 31.2 Å². The van der Waals surface area contributed by atoms with E-state index in [1.807, 2.05) is 0 Å². The molecule has 2 aromatic carbocycles. The van der Waals surface area contributed by atoms with Crippen molar-refractivity contribution in [3.63, 3.8) is 0 Å². The van der Waals surface area contributed by atoms with E-state index in [-0.39, 0.29) is 5.56 Å². The Morgan fingerprint density at radius 2 is 1.30 bits per heavy atom. The molecule has 0 aliphatic rings. The largest absolute Gasteiger partial charge is 0.481 e. The molecule has 0 heterocycles. The molecule has 0 radical (unpaired) electrons. The van der Waals surface area contributed by atoms with Crippen LogP contribution in [0.2, 0.25) is 0 Å². The standard InChI is InChI=1S/C17H15F3O3/c1-10(16(22)23)11-2-4-12(5-3-11)13-6-8-14(9-7-13)15(21)17(18,19)20/h2-10,15,21H,1H3,(H,22,23)/t10?,15-/m1/s1. The highest BCUT2D eigenvalue weighted by Crippen LogP contribution is 2.33. The Balaban J connectivity index is 2.21. The number of carboxylic acid groups (broad SMARTS) is 1. The normalized spacial score (nSPS) is 14.3. The third-order valence-electron chi connectivity index (χ3n) is 3.65. The van der Waals surface area contributed by atoms with Crippen LogP contribution in [-0.2, 0) is 4.79 Å². The first kappa shape index (κ1) is 17.0. The third-order valence-corrected chi connectivity index (χ3v) is 3.65. The van der Waals surface area contributed by atoms with Gasteiger partial charge in [0.05, 0.1) is 5.92 Å². The lowest BCUT2D eigenvalue weighted by molar-refractivity contribution is -0.206. The molecular formula is C17H15F3O3. The molecule has 2 rings (SSSR count). The summed E-state index contributed by atoms with van der Waals surface area (Å²) in [7, 11) is 0. The van der Waals surface area contributed by atoms with Crippen molar-refractivity contribution in [3.8, 4) is 11.1 Å². The molecule has 0 spiro atoms. The molecule has 6 heteroatoms. The van der Waals surface area contributed by atoms with E-state index in [4.69, 9.17) is 5.11 Å². The number of benzene rings is 2. The maximum atomic E-state index is 12.4. The van der Waals surface area contributed by atoms with E-state index in [0.29, 0.717) is 11.1 Å². The van der Waals surface area contributed by atoms with Crippen molar-refractivity contribution in [1.29, 1.82) is 0 Å². The van der Waals surface area contributed by atoms with Crippen molar-refractivity contribution in [1.82, 2.24) is 0 Å². The number of rotatable bonds is 4. The van der Waals surface area contributed by atoms with Gasteiger partial charge in [0, 0.05) is 0 Å². The topological polar surface area (TPSA) is 57.5 Å². The second-order valence-corrected chi connectivity index (χ2v) is 5.25. The van der Waals surface area contributed by atoms with E-state index in [0.717, 1.165) is 5.56 Å². The molecule has 23 heavy (non-hydrogen) atoms. The molecule has 0 aliphatic carbocycles. The van der Waals surface area contributed by atoms with Crippen LogP contribution >= 0.6 is 0 Å². The zero-order valence-electron chi connectivity index (χ0n) is 12.2. The van der Waals surface area contributed by atoms with Crippen molar-refractivity contribution in [2.24, 2.45) is 0 Å². The van der Waals surface area contributed by atoms with Gasteiger partial charge in [-0.15, -0.1) is 0 Å². The van der Waals surface area contributed by atoms with Gasteiger partial charge in [-0.2, -0.15) is 13.2 Å². The summed E-state index contributed by atoms with van der Waals surface area (Å²) in [6.07, 6.45) is -7.20. The minimum atomic E-state index is -4.70. The van der Waals surface area contributed by atoms with E-state index >= 15 is 0 Å². The Morgan fingerprint density at radius 3 is 1.65 bits per heavy atom. The average molecular weight is 324 g/mol. The highest BCUT2D eigenvalue weighted by Gasteiger charge is 2.39. The number of aliphatic carboxylic acids is 1. The van der Waals surface area contributed by atoms with Gasteiger partial charge in [-0.05, 0) is 29.2 Å². The predicted molar refractivity (Wildman–Crippen MR) is 78.9 cm³/mol. The van der Waals surface area contributed by atoms with E-state index in [9.17, 15) is 23.1 Å². The van der Waals surface area contributed by atoms with E-state index < -0.39 is 24.2 Å². The second kappa shape index (κ2) is 6.42. The zero-order chi connectivity index (χ0) is 17.2. The number of carbonyl (C=O) groups is 1. The van der Waals surface area contributed by atoms with E-state index in [2.05, 4.69) is 0 Å². The van der Waals surface area contributed by atoms with Gasteiger partial charge in [0.25, 0.3) is 0 Å². The van der Waals surface area contributed by atoms with Crippen molar-refractivity contribution in [3.05, 3.63) is 59.7 Å². The van der Waals surface area contributed by atoms with Gasteiger partial charge in [0.2, 0.25) is 0 Å². The number of hydrogen-bond donors (Lipinski definition) is 2. The summed E-state index contributed by atoms with van der Waals surface area (Å²) in [6.45, 7) is 1.57. The van der Waals surface area contributed by atoms with Crippen LogP contribution in [0.5, 0.6) is 0 Å². The van der Waals surface area contributed by atoms with Gasteiger partial charge in [0.15, 0.2) is 6.10 Å². The number of hydrogen-bond acceptors (Lipinski definition) is 2. The van der Waals surface area contributed by atoms with Crippen LogP contribution in [0.3, 0.4) is 0 Å². The molecule has 2 atom stereocenters. The van der Waals surface area contributed by atoms with Crippen LogP contribution in [0.1, 0.15) is 30.1 Å². The number of halogens is 3. The first-order valence-electron chi connectivity index (χ1n) is 6.88. The smallest absolute Gasteiger partial charge is 0.418 e. The van der Waals surface area contributed by atoms with Crippen LogP contribution < -0.4 is 0 Å². The Kier molecular flexibility index (Phi) is 4.75. The lowest BCUT2D eigenvalue weighted by Crippen LogP contribution is -2.19. The summed E-state index contributed by atoms with van der Waals surface area (Å²) in [6, 6.07) is 12.2. The molecular weight excluding hydrogens is 309 g/mol.